The molecule has 2 aromatic carbocycles. The highest BCUT2D eigenvalue weighted by Crippen LogP contribution is 2.33. The maximum absolute atomic E-state index is 13.0. The van der Waals surface area contributed by atoms with Gasteiger partial charge in [-0.05, 0) is 48.4 Å². The zero-order valence-corrected chi connectivity index (χ0v) is 15.8. The standard InChI is InChI=1S/C20H19FO5S/c1-3-13-5-10-16(27(23,24)4-2)11-17(13)18-12-19(20(22)26-18)25-15-8-6-14(21)7-9-15/h5-12,18H,3-4H2,1-2H3/t18-/m1/s1. The molecule has 1 aliphatic heterocycles. The second-order valence-electron chi connectivity index (χ2n) is 6.03. The smallest absolute Gasteiger partial charge is 0.375 e. The minimum absolute atomic E-state index is 0.0163. The minimum Gasteiger partial charge on any atom is -0.450 e. The molecule has 0 bridgehead atoms. The Balaban J connectivity index is 1.94. The van der Waals surface area contributed by atoms with E-state index in [9.17, 15) is 17.6 Å². The van der Waals surface area contributed by atoms with Crippen molar-refractivity contribution in [3.8, 4) is 5.75 Å². The van der Waals surface area contributed by atoms with Crippen molar-refractivity contribution in [2.24, 2.45) is 0 Å². The summed E-state index contributed by atoms with van der Waals surface area (Å²) in [6, 6.07) is 10.1. The predicted octanol–water partition coefficient (Wildman–Crippen LogP) is 3.74. The molecule has 142 valence electrons. The van der Waals surface area contributed by atoms with Crippen LogP contribution in [0.5, 0.6) is 5.75 Å². The lowest BCUT2D eigenvalue weighted by atomic mass is 10.0. The van der Waals surface area contributed by atoms with E-state index >= 15 is 0 Å². The number of benzene rings is 2. The first-order chi connectivity index (χ1) is 12.8. The fourth-order valence-corrected chi connectivity index (χ4v) is 3.71. The largest absolute Gasteiger partial charge is 0.450 e. The van der Waals surface area contributed by atoms with Gasteiger partial charge in [-0.15, -0.1) is 0 Å². The van der Waals surface area contributed by atoms with E-state index in [0.717, 1.165) is 5.56 Å². The SMILES string of the molecule is CCc1ccc(S(=O)(=O)CC)cc1[C@H]1C=C(Oc2ccc(F)cc2)C(=O)O1. The van der Waals surface area contributed by atoms with Gasteiger partial charge in [0, 0.05) is 11.6 Å². The Kier molecular flexibility index (Phi) is 5.32. The third-order valence-electron chi connectivity index (χ3n) is 4.32. The van der Waals surface area contributed by atoms with Crippen LogP contribution in [0.3, 0.4) is 0 Å². The molecule has 0 unspecified atom stereocenters. The zero-order valence-electron chi connectivity index (χ0n) is 14.9. The van der Waals surface area contributed by atoms with E-state index in [4.69, 9.17) is 9.47 Å². The molecule has 1 atom stereocenters. The molecule has 0 saturated carbocycles. The van der Waals surface area contributed by atoms with Crippen LogP contribution in [0, 0.1) is 5.82 Å². The number of hydrogen-bond donors (Lipinski definition) is 0. The molecule has 2 aromatic rings. The highest BCUT2D eigenvalue weighted by molar-refractivity contribution is 7.91. The molecular formula is C20H19FO5S. The number of halogens is 1. The van der Waals surface area contributed by atoms with Crippen molar-refractivity contribution in [2.45, 2.75) is 31.3 Å². The van der Waals surface area contributed by atoms with Crippen molar-refractivity contribution >= 4 is 15.8 Å². The summed E-state index contributed by atoms with van der Waals surface area (Å²) in [6.45, 7) is 3.51. The molecule has 0 aromatic heterocycles. The molecule has 0 radical (unpaired) electrons. The van der Waals surface area contributed by atoms with Crippen LogP contribution in [0.4, 0.5) is 4.39 Å². The average Bonchev–Trinajstić information content (AvgIpc) is 3.03. The molecular weight excluding hydrogens is 371 g/mol. The van der Waals surface area contributed by atoms with Gasteiger partial charge >= 0.3 is 5.97 Å². The Labute approximate surface area is 157 Å². The first kappa shape index (κ1) is 19.1. The van der Waals surface area contributed by atoms with Gasteiger partial charge in [-0.25, -0.2) is 17.6 Å². The first-order valence-electron chi connectivity index (χ1n) is 8.56. The molecule has 27 heavy (non-hydrogen) atoms. The number of sulfone groups is 1. The molecule has 0 fully saturated rings. The van der Waals surface area contributed by atoms with Crippen molar-refractivity contribution in [3.05, 3.63) is 71.2 Å². The molecule has 0 N–H and O–H groups in total. The lowest BCUT2D eigenvalue weighted by Crippen LogP contribution is -2.09. The summed E-state index contributed by atoms with van der Waals surface area (Å²) >= 11 is 0. The Bertz CT molecular complexity index is 994. The molecule has 0 spiro atoms. The third kappa shape index (κ3) is 4.03. The molecule has 1 heterocycles. The molecule has 0 amide bonds. The van der Waals surface area contributed by atoms with Crippen molar-refractivity contribution < 1.29 is 27.1 Å². The van der Waals surface area contributed by atoms with Gasteiger partial charge < -0.3 is 9.47 Å². The van der Waals surface area contributed by atoms with Crippen molar-refractivity contribution in [1.82, 2.24) is 0 Å². The number of cyclic esters (lactones) is 1. The summed E-state index contributed by atoms with van der Waals surface area (Å²) in [4.78, 5) is 12.3. The van der Waals surface area contributed by atoms with Crippen molar-refractivity contribution in [3.63, 3.8) is 0 Å². The molecule has 7 heteroatoms. The predicted molar refractivity (Wildman–Crippen MR) is 97.5 cm³/mol. The number of carbonyl (C=O) groups excluding carboxylic acids is 1. The molecule has 0 aliphatic carbocycles. The highest BCUT2D eigenvalue weighted by atomic mass is 32.2. The van der Waals surface area contributed by atoms with E-state index in [-0.39, 0.29) is 16.4 Å². The Morgan fingerprint density at radius 3 is 2.44 bits per heavy atom. The topological polar surface area (TPSA) is 69.7 Å². The van der Waals surface area contributed by atoms with Crippen LogP contribution in [0.2, 0.25) is 0 Å². The summed E-state index contributed by atoms with van der Waals surface area (Å²) in [7, 11) is -3.38. The normalized spacial score (nSPS) is 16.8. The molecule has 3 rings (SSSR count). The van der Waals surface area contributed by atoms with E-state index in [1.54, 1.807) is 25.1 Å². The van der Waals surface area contributed by atoms with Gasteiger partial charge in [0.05, 0.1) is 10.6 Å². The van der Waals surface area contributed by atoms with Crippen molar-refractivity contribution in [1.29, 1.82) is 0 Å². The second kappa shape index (κ2) is 7.52. The van der Waals surface area contributed by atoms with Gasteiger partial charge in [-0.3, -0.25) is 0 Å². The van der Waals surface area contributed by atoms with Crippen LogP contribution in [0.1, 0.15) is 31.1 Å². The van der Waals surface area contributed by atoms with E-state index < -0.39 is 27.7 Å². The van der Waals surface area contributed by atoms with Crippen LogP contribution >= 0.6 is 0 Å². The van der Waals surface area contributed by atoms with Gasteiger partial charge in [-0.1, -0.05) is 19.9 Å². The zero-order chi connectivity index (χ0) is 19.6. The van der Waals surface area contributed by atoms with Crippen LogP contribution in [0.15, 0.2) is 59.2 Å². The van der Waals surface area contributed by atoms with Crippen LogP contribution in [-0.4, -0.2) is 20.1 Å². The Hall–Kier alpha value is -2.67. The molecule has 5 nitrogen and oxygen atoms in total. The van der Waals surface area contributed by atoms with Crippen LogP contribution in [-0.2, 0) is 25.8 Å². The maximum atomic E-state index is 13.0. The quantitative estimate of drug-likeness (QED) is 0.703. The molecule has 0 saturated heterocycles. The van der Waals surface area contributed by atoms with E-state index in [1.807, 2.05) is 6.92 Å². The van der Waals surface area contributed by atoms with E-state index in [1.165, 1.54) is 30.3 Å². The number of hydrogen-bond acceptors (Lipinski definition) is 5. The second-order valence-corrected chi connectivity index (χ2v) is 8.31. The lowest BCUT2D eigenvalue weighted by molar-refractivity contribution is -0.141. The van der Waals surface area contributed by atoms with Gasteiger partial charge in [-0.2, -0.15) is 0 Å². The summed E-state index contributed by atoms with van der Waals surface area (Å²) < 4.78 is 48.2. The van der Waals surface area contributed by atoms with Gasteiger partial charge in [0.2, 0.25) is 5.76 Å². The molecule has 1 aliphatic rings. The van der Waals surface area contributed by atoms with Crippen molar-refractivity contribution in [2.75, 3.05) is 5.75 Å². The Morgan fingerprint density at radius 1 is 1.11 bits per heavy atom. The number of esters is 1. The maximum Gasteiger partial charge on any atom is 0.375 e. The van der Waals surface area contributed by atoms with E-state index in [2.05, 4.69) is 0 Å². The third-order valence-corrected chi connectivity index (χ3v) is 6.06. The van der Waals surface area contributed by atoms with Crippen LogP contribution in [0.25, 0.3) is 0 Å². The summed E-state index contributed by atoms with van der Waals surface area (Å²) in [5.41, 5.74) is 1.49. The minimum atomic E-state index is -3.38. The summed E-state index contributed by atoms with van der Waals surface area (Å²) in [6.07, 6.45) is 1.41. The average molecular weight is 390 g/mol. The van der Waals surface area contributed by atoms with Gasteiger partial charge in [0.1, 0.15) is 17.7 Å². The number of ether oxygens (including phenoxy) is 2. The lowest BCUT2D eigenvalue weighted by Gasteiger charge is -2.14. The van der Waals surface area contributed by atoms with Crippen LogP contribution < -0.4 is 4.74 Å². The fraction of sp³-hybridized carbons (Fsp3) is 0.250. The Morgan fingerprint density at radius 2 is 1.81 bits per heavy atom. The fourth-order valence-electron chi connectivity index (χ4n) is 2.79. The van der Waals surface area contributed by atoms with Gasteiger partial charge in [0.15, 0.2) is 9.84 Å². The highest BCUT2D eigenvalue weighted by Gasteiger charge is 2.31. The summed E-state index contributed by atoms with van der Waals surface area (Å²) in [5.74, 6) is -0.799. The monoisotopic (exact) mass is 390 g/mol. The van der Waals surface area contributed by atoms with Gasteiger partial charge in [0.25, 0.3) is 0 Å². The number of rotatable bonds is 6. The number of aryl methyl sites for hydroxylation is 1. The summed E-state index contributed by atoms with van der Waals surface area (Å²) in [5, 5.41) is 0. The van der Waals surface area contributed by atoms with E-state index in [0.29, 0.717) is 17.7 Å². The number of carbonyl (C=O) groups is 1. The first-order valence-corrected chi connectivity index (χ1v) is 10.2.